The van der Waals surface area contributed by atoms with Crippen molar-refractivity contribution in [2.24, 2.45) is 0 Å². The lowest BCUT2D eigenvalue weighted by Crippen LogP contribution is -2.25. The summed E-state index contributed by atoms with van der Waals surface area (Å²) in [6, 6.07) is 15.6. The van der Waals surface area contributed by atoms with Gasteiger partial charge in [-0.15, -0.1) is 0 Å². The minimum Gasteiger partial charge on any atom is -0.488 e. The number of hydrogen-bond acceptors (Lipinski definition) is 2. The molecule has 0 N–H and O–H groups in total. The van der Waals surface area contributed by atoms with Crippen molar-refractivity contribution in [1.29, 1.82) is 0 Å². The summed E-state index contributed by atoms with van der Waals surface area (Å²) in [7, 11) is 0. The third kappa shape index (κ3) is 4.30. The molecule has 1 aliphatic heterocycles. The van der Waals surface area contributed by atoms with Gasteiger partial charge in [0.25, 0.3) is 5.92 Å². The van der Waals surface area contributed by atoms with E-state index >= 15 is 0 Å². The number of benzene rings is 2. The molecule has 0 saturated carbocycles. The van der Waals surface area contributed by atoms with Crippen LogP contribution in [0.4, 0.5) is 8.78 Å². The molecule has 0 bridgehead atoms. The van der Waals surface area contributed by atoms with E-state index < -0.39 is 5.92 Å². The first-order chi connectivity index (χ1) is 11.0. The van der Waals surface area contributed by atoms with Crippen LogP contribution in [0.25, 0.3) is 0 Å². The zero-order valence-electron chi connectivity index (χ0n) is 12.6. The van der Waals surface area contributed by atoms with Crippen molar-refractivity contribution in [2.45, 2.75) is 25.5 Å². The Labute approximate surface area is 143 Å². The van der Waals surface area contributed by atoms with Crippen LogP contribution in [0.1, 0.15) is 17.5 Å². The van der Waals surface area contributed by atoms with Gasteiger partial charge in [-0.2, -0.15) is 0 Å². The summed E-state index contributed by atoms with van der Waals surface area (Å²) >= 11 is 3.55. The van der Waals surface area contributed by atoms with Crippen LogP contribution in [-0.2, 0) is 13.2 Å². The number of alkyl halides is 2. The van der Waals surface area contributed by atoms with E-state index in [-0.39, 0.29) is 13.0 Å². The normalized spacial score (nSPS) is 17.3. The first-order valence-electron chi connectivity index (χ1n) is 7.58. The maximum absolute atomic E-state index is 13.3. The van der Waals surface area contributed by atoms with E-state index in [0.29, 0.717) is 19.7 Å². The maximum Gasteiger partial charge on any atom is 0.261 e. The Hall–Kier alpha value is -1.46. The van der Waals surface area contributed by atoms with Gasteiger partial charge in [0.1, 0.15) is 12.4 Å². The second-order valence-corrected chi connectivity index (χ2v) is 6.61. The molecule has 2 aromatic carbocycles. The van der Waals surface area contributed by atoms with Crippen LogP contribution in [-0.4, -0.2) is 23.9 Å². The number of hydrogen-bond donors (Lipinski definition) is 0. The summed E-state index contributed by atoms with van der Waals surface area (Å²) in [5, 5.41) is 0. The topological polar surface area (TPSA) is 12.5 Å². The van der Waals surface area contributed by atoms with Crippen LogP contribution in [0, 0.1) is 0 Å². The SMILES string of the molecule is FC1(F)CCN(Cc2cccc(OCc3ccccc3)c2Br)C1. The molecule has 0 unspecified atom stereocenters. The zero-order chi connectivity index (χ0) is 16.3. The van der Waals surface area contributed by atoms with Crippen molar-refractivity contribution in [1.82, 2.24) is 4.90 Å². The van der Waals surface area contributed by atoms with Crippen molar-refractivity contribution in [3.63, 3.8) is 0 Å². The fourth-order valence-corrected chi connectivity index (χ4v) is 3.21. The largest absolute Gasteiger partial charge is 0.488 e. The first-order valence-corrected chi connectivity index (χ1v) is 8.37. The van der Waals surface area contributed by atoms with Crippen molar-refractivity contribution in [3.05, 3.63) is 64.1 Å². The Morgan fingerprint density at radius 3 is 2.57 bits per heavy atom. The van der Waals surface area contributed by atoms with Crippen molar-refractivity contribution in [3.8, 4) is 5.75 Å². The fraction of sp³-hybridized carbons (Fsp3) is 0.333. The lowest BCUT2D eigenvalue weighted by Gasteiger charge is -2.18. The lowest BCUT2D eigenvalue weighted by atomic mass is 10.2. The summed E-state index contributed by atoms with van der Waals surface area (Å²) in [4.78, 5) is 1.78. The predicted octanol–water partition coefficient (Wildman–Crippen LogP) is 4.87. The second kappa shape index (κ2) is 6.97. The van der Waals surface area contributed by atoms with Gasteiger partial charge in [0, 0.05) is 19.5 Å². The Kier molecular flexibility index (Phi) is 4.97. The lowest BCUT2D eigenvalue weighted by molar-refractivity contribution is 0.0115. The smallest absolute Gasteiger partial charge is 0.261 e. The second-order valence-electron chi connectivity index (χ2n) is 5.82. The van der Waals surface area contributed by atoms with Crippen LogP contribution in [0.15, 0.2) is 53.0 Å². The average molecular weight is 382 g/mol. The average Bonchev–Trinajstić information content (AvgIpc) is 2.88. The van der Waals surface area contributed by atoms with E-state index in [1.807, 2.05) is 48.5 Å². The molecule has 0 atom stereocenters. The molecule has 3 rings (SSSR count). The van der Waals surface area contributed by atoms with Crippen molar-refractivity contribution >= 4 is 15.9 Å². The van der Waals surface area contributed by atoms with Gasteiger partial charge in [-0.05, 0) is 33.1 Å². The van der Waals surface area contributed by atoms with Crippen molar-refractivity contribution < 1.29 is 13.5 Å². The minimum absolute atomic E-state index is 0.0607. The molecule has 5 heteroatoms. The van der Waals surface area contributed by atoms with Crippen LogP contribution < -0.4 is 4.74 Å². The number of halogens is 3. The van der Waals surface area contributed by atoms with Gasteiger partial charge in [0.05, 0.1) is 11.0 Å². The molecule has 1 saturated heterocycles. The van der Waals surface area contributed by atoms with E-state index in [0.717, 1.165) is 21.3 Å². The van der Waals surface area contributed by atoms with E-state index in [1.165, 1.54) is 0 Å². The Balaban J connectivity index is 1.66. The van der Waals surface area contributed by atoms with E-state index in [1.54, 1.807) is 4.90 Å². The van der Waals surface area contributed by atoms with Gasteiger partial charge >= 0.3 is 0 Å². The summed E-state index contributed by atoms with van der Waals surface area (Å²) < 4.78 is 33.3. The molecule has 2 aromatic rings. The molecular formula is C18H18BrF2NO. The minimum atomic E-state index is -2.56. The summed E-state index contributed by atoms with van der Waals surface area (Å²) in [6.45, 7) is 1.23. The maximum atomic E-state index is 13.3. The number of nitrogens with zero attached hydrogens (tertiary/aromatic N) is 1. The highest BCUT2D eigenvalue weighted by molar-refractivity contribution is 9.10. The Bertz CT molecular complexity index is 663. The van der Waals surface area contributed by atoms with E-state index in [9.17, 15) is 8.78 Å². The first kappa shape index (κ1) is 16.4. The quantitative estimate of drug-likeness (QED) is 0.732. The number of rotatable bonds is 5. The number of ether oxygens (including phenoxy) is 1. The molecule has 23 heavy (non-hydrogen) atoms. The molecule has 0 aromatic heterocycles. The van der Waals surface area contributed by atoms with Crippen LogP contribution in [0.2, 0.25) is 0 Å². The Morgan fingerprint density at radius 1 is 1.09 bits per heavy atom. The van der Waals surface area contributed by atoms with Crippen LogP contribution in [0.5, 0.6) is 5.75 Å². The highest BCUT2D eigenvalue weighted by Gasteiger charge is 2.38. The van der Waals surface area contributed by atoms with Gasteiger partial charge in [-0.1, -0.05) is 42.5 Å². The molecule has 2 nitrogen and oxygen atoms in total. The van der Waals surface area contributed by atoms with E-state index in [2.05, 4.69) is 15.9 Å². The van der Waals surface area contributed by atoms with Gasteiger partial charge in [0.15, 0.2) is 0 Å². The van der Waals surface area contributed by atoms with Gasteiger partial charge < -0.3 is 4.74 Å². The van der Waals surface area contributed by atoms with Gasteiger partial charge in [-0.25, -0.2) is 8.78 Å². The third-order valence-electron chi connectivity index (χ3n) is 3.92. The predicted molar refractivity (Wildman–Crippen MR) is 89.8 cm³/mol. The Morgan fingerprint density at radius 2 is 1.87 bits per heavy atom. The summed E-state index contributed by atoms with van der Waals surface area (Å²) in [5.41, 5.74) is 2.05. The molecule has 0 aliphatic carbocycles. The molecule has 122 valence electrons. The molecule has 0 spiro atoms. The van der Waals surface area contributed by atoms with Crippen molar-refractivity contribution in [2.75, 3.05) is 13.1 Å². The summed E-state index contributed by atoms with van der Waals surface area (Å²) in [6.07, 6.45) is -0.0607. The van der Waals surface area contributed by atoms with Gasteiger partial charge in [-0.3, -0.25) is 4.90 Å². The monoisotopic (exact) mass is 381 g/mol. The molecule has 1 aliphatic rings. The van der Waals surface area contributed by atoms with Crippen LogP contribution >= 0.6 is 15.9 Å². The highest BCUT2D eigenvalue weighted by atomic mass is 79.9. The molecule has 0 radical (unpaired) electrons. The molecular weight excluding hydrogens is 364 g/mol. The third-order valence-corrected chi connectivity index (χ3v) is 4.82. The molecule has 1 heterocycles. The fourth-order valence-electron chi connectivity index (χ4n) is 2.71. The van der Waals surface area contributed by atoms with E-state index in [4.69, 9.17) is 4.74 Å². The standard InChI is InChI=1S/C18H18BrF2NO/c19-17-15(11-22-10-9-18(20,21)13-22)7-4-8-16(17)23-12-14-5-2-1-3-6-14/h1-8H,9-13H2. The van der Waals surface area contributed by atoms with Crippen LogP contribution in [0.3, 0.4) is 0 Å². The highest BCUT2D eigenvalue weighted by Crippen LogP contribution is 2.33. The zero-order valence-corrected chi connectivity index (χ0v) is 14.2. The molecule has 0 amide bonds. The number of likely N-dealkylation sites (tertiary alicyclic amines) is 1. The summed E-state index contributed by atoms with van der Waals surface area (Å²) in [5.74, 6) is -1.83. The molecule has 1 fully saturated rings. The van der Waals surface area contributed by atoms with Gasteiger partial charge in [0.2, 0.25) is 0 Å².